The van der Waals surface area contributed by atoms with Crippen molar-refractivity contribution in [3.8, 4) is 0 Å². The lowest BCUT2D eigenvalue weighted by atomic mass is 10.0. The molecule has 3 N–H and O–H groups in total. The zero-order valence-corrected chi connectivity index (χ0v) is 19.9. The maximum absolute atomic E-state index is 10.6. The van der Waals surface area contributed by atoms with E-state index in [1.54, 1.807) is 13.0 Å². The number of hydrogen-bond donors (Lipinski definition) is 3. The summed E-state index contributed by atoms with van der Waals surface area (Å²) in [4.78, 5) is 6.66. The topological polar surface area (TPSA) is 82.3 Å². The van der Waals surface area contributed by atoms with Crippen LogP contribution in [0.3, 0.4) is 0 Å². The van der Waals surface area contributed by atoms with Gasteiger partial charge in [-0.2, -0.15) is 0 Å². The van der Waals surface area contributed by atoms with Gasteiger partial charge in [-0.1, -0.05) is 0 Å². The SMILES string of the molecule is CCNC(=NCC(C)(O)c1ccc(C)o1)NCC(CCN(C)C)OCC.I. The first-order chi connectivity index (χ1) is 12.3. The van der Waals surface area contributed by atoms with Crippen molar-refractivity contribution in [2.45, 2.75) is 45.8 Å². The molecule has 0 bridgehead atoms. The molecule has 1 aromatic rings. The van der Waals surface area contributed by atoms with Gasteiger partial charge < -0.3 is 29.8 Å². The minimum Gasteiger partial charge on any atom is -0.463 e. The molecule has 0 amide bonds. The third-order valence-electron chi connectivity index (χ3n) is 3.96. The Balaban J connectivity index is 0.00000676. The van der Waals surface area contributed by atoms with Crippen LogP contribution in [0.25, 0.3) is 0 Å². The number of halogens is 1. The predicted molar refractivity (Wildman–Crippen MR) is 121 cm³/mol. The normalized spacial score (nSPS) is 15.2. The number of hydrogen-bond acceptors (Lipinski definition) is 5. The number of aliphatic imine (C=N–C) groups is 1. The van der Waals surface area contributed by atoms with Gasteiger partial charge >= 0.3 is 0 Å². The molecule has 27 heavy (non-hydrogen) atoms. The van der Waals surface area contributed by atoms with Gasteiger partial charge in [-0.05, 0) is 60.3 Å². The molecule has 1 aromatic heterocycles. The highest BCUT2D eigenvalue weighted by molar-refractivity contribution is 14.0. The van der Waals surface area contributed by atoms with E-state index in [-0.39, 0.29) is 36.6 Å². The van der Waals surface area contributed by atoms with Gasteiger partial charge in [-0.3, -0.25) is 0 Å². The number of aryl methyl sites for hydroxylation is 1. The summed E-state index contributed by atoms with van der Waals surface area (Å²) in [5.41, 5.74) is -1.15. The van der Waals surface area contributed by atoms with Gasteiger partial charge in [-0.15, -0.1) is 24.0 Å². The number of ether oxygens (including phenoxy) is 1. The maximum atomic E-state index is 10.6. The third kappa shape index (κ3) is 10.3. The molecule has 0 saturated carbocycles. The van der Waals surface area contributed by atoms with Crippen molar-refractivity contribution >= 4 is 29.9 Å². The first-order valence-corrected chi connectivity index (χ1v) is 9.36. The van der Waals surface area contributed by atoms with E-state index in [1.165, 1.54) is 0 Å². The van der Waals surface area contributed by atoms with Crippen LogP contribution in [0.5, 0.6) is 0 Å². The van der Waals surface area contributed by atoms with Crippen molar-refractivity contribution in [1.82, 2.24) is 15.5 Å². The molecular weight excluding hydrogens is 459 g/mol. The standard InChI is InChI=1S/C19H36N4O3.HI/c1-7-20-18(21-13-16(25-8-2)11-12-23(5)6)22-14-19(4,24)17-10-9-15(3)26-17;/h9-10,16,24H,7-8,11-14H2,1-6H3,(H2,20,21,22);1H. The highest BCUT2D eigenvalue weighted by Crippen LogP contribution is 2.23. The van der Waals surface area contributed by atoms with Crippen molar-refractivity contribution < 1.29 is 14.3 Å². The van der Waals surface area contributed by atoms with Crippen LogP contribution in [0.4, 0.5) is 0 Å². The maximum Gasteiger partial charge on any atom is 0.191 e. The second-order valence-electron chi connectivity index (χ2n) is 6.93. The molecule has 1 rings (SSSR count). The molecule has 0 fully saturated rings. The summed E-state index contributed by atoms with van der Waals surface area (Å²) in [5, 5.41) is 17.2. The monoisotopic (exact) mass is 496 g/mol. The third-order valence-corrected chi connectivity index (χ3v) is 3.96. The molecule has 0 aliphatic rings. The van der Waals surface area contributed by atoms with Gasteiger partial charge in [0.2, 0.25) is 0 Å². The quantitative estimate of drug-likeness (QED) is 0.248. The Kier molecular flexibility index (Phi) is 12.9. The van der Waals surface area contributed by atoms with E-state index in [1.807, 2.05) is 26.8 Å². The Labute approximate surface area is 181 Å². The van der Waals surface area contributed by atoms with Gasteiger partial charge in [0.05, 0.1) is 12.6 Å². The molecule has 158 valence electrons. The van der Waals surface area contributed by atoms with Crippen LogP contribution < -0.4 is 10.6 Å². The fraction of sp³-hybridized carbons (Fsp3) is 0.737. The fourth-order valence-electron chi connectivity index (χ4n) is 2.47. The van der Waals surface area contributed by atoms with Crippen LogP contribution in [0, 0.1) is 6.92 Å². The number of nitrogens with one attached hydrogen (secondary N) is 2. The highest BCUT2D eigenvalue weighted by Gasteiger charge is 2.26. The summed E-state index contributed by atoms with van der Waals surface area (Å²) in [6.07, 6.45) is 1.05. The molecule has 8 heteroatoms. The zero-order valence-electron chi connectivity index (χ0n) is 17.5. The van der Waals surface area contributed by atoms with E-state index in [0.29, 0.717) is 24.9 Å². The molecule has 2 atom stereocenters. The lowest BCUT2D eigenvalue weighted by Crippen LogP contribution is -2.43. The Bertz CT molecular complexity index is 547. The van der Waals surface area contributed by atoms with E-state index in [9.17, 15) is 5.11 Å². The molecule has 0 radical (unpaired) electrons. The summed E-state index contributed by atoms with van der Waals surface area (Å²) < 4.78 is 11.3. The van der Waals surface area contributed by atoms with Crippen molar-refractivity contribution in [3.05, 3.63) is 23.7 Å². The Morgan fingerprint density at radius 3 is 2.56 bits per heavy atom. The minimum absolute atomic E-state index is 0. The van der Waals surface area contributed by atoms with E-state index in [0.717, 1.165) is 25.3 Å². The molecule has 7 nitrogen and oxygen atoms in total. The van der Waals surface area contributed by atoms with E-state index >= 15 is 0 Å². The average Bonchev–Trinajstić information content (AvgIpc) is 3.02. The molecule has 2 unspecified atom stereocenters. The highest BCUT2D eigenvalue weighted by atomic mass is 127. The predicted octanol–water partition coefficient (Wildman–Crippen LogP) is 2.33. The molecule has 0 aliphatic carbocycles. The largest absolute Gasteiger partial charge is 0.463 e. The lowest BCUT2D eigenvalue weighted by molar-refractivity contribution is 0.0426. The lowest BCUT2D eigenvalue weighted by Gasteiger charge is -2.22. The first kappa shape index (κ1) is 26.2. The van der Waals surface area contributed by atoms with E-state index in [2.05, 4.69) is 34.6 Å². The van der Waals surface area contributed by atoms with Gasteiger partial charge in [-0.25, -0.2) is 4.99 Å². The van der Waals surface area contributed by atoms with Gasteiger partial charge in [0.25, 0.3) is 0 Å². The van der Waals surface area contributed by atoms with Crippen molar-refractivity contribution in [2.75, 3.05) is 46.9 Å². The Morgan fingerprint density at radius 2 is 2.04 bits per heavy atom. The second kappa shape index (κ2) is 13.4. The molecular formula is C19H37IN4O3. The first-order valence-electron chi connectivity index (χ1n) is 9.36. The summed E-state index contributed by atoms with van der Waals surface area (Å²) in [7, 11) is 4.11. The molecule has 0 aliphatic heterocycles. The van der Waals surface area contributed by atoms with Crippen LogP contribution in [0.1, 0.15) is 38.7 Å². The van der Waals surface area contributed by atoms with E-state index < -0.39 is 5.60 Å². The van der Waals surface area contributed by atoms with Gasteiger partial charge in [0.15, 0.2) is 5.96 Å². The summed E-state index contributed by atoms with van der Waals surface area (Å²) in [6.45, 7) is 10.8. The number of guanidine groups is 1. The van der Waals surface area contributed by atoms with Crippen LogP contribution in [0.2, 0.25) is 0 Å². The fourth-order valence-corrected chi connectivity index (χ4v) is 2.47. The second-order valence-corrected chi connectivity index (χ2v) is 6.93. The molecule has 1 heterocycles. The minimum atomic E-state index is -1.15. The van der Waals surface area contributed by atoms with E-state index in [4.69, 9.17) is 9.15 Å². The van der Waals surface area contributed by atoms with Gasteiger partial charge in [0.1, 0.15) is 17.1 Å². The van der Waals surface area contributed by atoms with Crippen LogP contribution >= 0.6 is 24.0 Å². The van der Waals surface area contributed by atoms with Crippen LogP contribution in [0.15, 0.2) is 21.5 Å². The smallest absolute Gasteiger partial charge is 0.191 e. The summed E-state index contributed by atoms with van der Waals surface area (Å²) >= 11 is 0. The summed E-state index contributed by atoms with van der Waals surface area (Å²) in [6, 6.07) is 3.63. The van der Waals surface area contributed by atoms with Crippen molar-refractivity contribution in [2.24, 2.45) is 4.99 Å². The molecule has 0 spiro atoms. The Morgan fingerprint density at radius 1 is 1.33 bits per heavy atom. The van der Waals surface area contributed by atoms with Crippen LogP contribution in [-0.2, 0) is 10.3 Å². The van der Waals surface area contributed by atoms with Crippen LogP contribution in [-0.4, -0.2) is 69.0 Å². The molecule has 0 saturated heterocycles. The molecule has 0 aromatic carbocycles. The number of aliphatic hydroxyl groups is 1. The van der Waals surface area contributed by atoms with Crippen molar-refractivity contribution in [1.29, 1.82) is 0 Å². The Hall–Kier alpha value is -0.840. The number of rotatable bonds is 11. The average molecular weight is 496 g/mol. The zero-order chi connectivity index (χ0) is 19.6. The summed E-state index contributed by atoms with van der Waals surface area (Å²) in [5.74, 6) is 1.95. The van der Waals surface area contributed by atoms with Crippen molar-refractivity contribution in [3.63, 3.8) is 0 Å². The van der Waals surface area contributed by atoms with Gasteiger partial charge in [0, 0.05) is 26.2 Å². The number of nitrogens with zero attached hydrogens (tertiary/aromatic N) is 2. The number of furan rings is 1.